The largest absolute Gasteiger partial charge is 0.0882 e. The van der Waals surface area contributed by atoms with Crippen molar-refractivity contribution in [2.75, 3.05) is 0 Å². The Labute approximate surface area is 70.0 Å². The lowest BCUT2D eigenvalue weighted by molar-refractivity contribution is 0.315. The molecule has 0 heterocycles. The second-order valence-corrected chi connectivity index (χ2v) is 3.41. The molecule has 0 aliphatic heterocycles. The number of allylic oxidation sites excluding steroid dienone is 4. The SMILES string of the molecule is C.C1=CCC2CC=CCC2C1. The molecule has 0 N–H and O–H groups in total. The molecule has 0 aromatic rings. The van der Waals surface area contributed by atoms with E-state index < -0.39 is 0 Å². The molecule has 0 heteroatoms. The van der Waals surface area contributed by atoms with Gasteiger partial charge >= 0.3 is 0 Å². The van der Waals surface area contributed by atoms with Crippen LogP contribution in [0.4, 0.5) is 0 Å². The van der Waals surface area contributed by atoms with Gasteiger partial charge in [0.15, 0.2) is 0 Å². The molecule has 62 valence electrons. The van der Waals surface area contributed by atoms with Gasteiger partial charge in [0.1, 0.15) is 0 Å². The highest BCUT2D eigenvalue weighted by molar-refractivity contribution is 5.02. The van der Waals surface area contributed by atoms with Gasteiger partial charge in [-0.15, -0.1) is 0 Å². The van der Waals surface area contributed by atoms with Crippen molar-refractivity contribution in [3.63, 3.8) is 0 Å². The lowest BCUT2D eigenvalue weighted by Gasteiger charge is -2.29. The smallest absolute Gasteiger partial charge is 0.0311 e. The molecule has 0 aromatic heterocycles. The van der Waals surface area contributed by atoms with Crippen LogP contribution >= 0.6 is 0 Å². The third kappa shape index (κ3) is 1.74. The summed E-state index contributed by atoms with van der Waals surface area (Å²) in [5.41, 5.74) is 0. The molecule has 0 spiro atoms. The predicted octanol–water partition coefficient (Wildman–Crippen LogP) is 3.55. The first-order valence-corrected chi connectivity index (χ1v) is 4.27. The van der Waals surface area contributed by atoms with Gasteiger partial charge in [0.05, 0.1) is 0 Å². The number of rotatable bonds is 0. The second-order valence-electron chi connectivity index (χ2n) is 3.41. The van der Waals surface area contributed by atoms with Crippen LogP contribution in [0, 0.1) is 11.8 Å². The minimum absolute atomic E-state index is 0. The second kappa shape index (κ2) is 3.75. The zero-order chi connectivity index (χ0) is 6.81. The van der Waals surface area contributed by atoms with Crippen molar-refractivity contribution in [3.05, 3.63) is 24.3 Å². The van der Waals surface area contributed by atoms with E-state index in [2.05, 4.69) is 24.3 Å². The van der Waals surface area contributed by atoms with Crippen molar-refractivity contribution in [1.29, 1.82) is 0 Å². The minimum atomic E-state index is 0. The molecule has 0 amide bonds. The van der Waals surface area contributed by atoms with Crippen LogP contribution in [-0.4, -0.2) is 0 Å². The number of hydrogen-bond donors (Lipinski definition) is 0. The summed E-state index contributed by atoms with van der Waals surface area (Å²) in [5, 5.41) is 0. The van der Waals surface area contributed by atoms with Crippen LogP contribution < -0.4 is 0 Å². The summed E-state index contributed by atoms with van der Waals surface area (Å²) in [4.78, 5) is 0. The summed E-state index contributed by atoms with van der Waals surface area (Å²) in [6.45, 7) is 0. The van der Waals surface area contributed by atoms with E-state index in [1.165, 1.54) is 25.7 Å². The molecule has 0 fully saturated rings. The fourth-order valence-corrected chi connectivity index (χ4v) is 2.05. The molecule has 11 heavy (non-hydrogen) atoms. The number of hydrogen-bond acceptors (Lipinski definition) is 0. The van der Waals surface area contributed by atoms with E-state index in [1.54, 1.807) is 0 Å². The van der Waals surface area contributed by atoms with Crippen molar-refractivity contribution in [3.8, 4) is 0 Å². The van der Waals surface area contributed by atoms with E-state index in [0.29, 0.717) is 0 Å². The Kier molecular flexibility index (Phi) is 2.92. The third-order valence-corrected chi connectivity index (χ3v) is 2.76. The van der Waals surface area contributed by atoms with Gasteiger partial charge in [0, 0.05) is 0 Å². The summed E-state index contributed by atoms with van der Waals surface area (Å²) in [7, 11) is 0. The summed E-state index contributed by atoms with van der Waals surface area (Å²) in [5.74, 6) is 1.96. The van der Waals surface area contributed by atoms with Crippen LogP contribution in [0.25, 0.3) is 0 Å². The Morgan fingerprint density at radius 3 is 1.18 bits per heavy atom. The van der Waals surface area contributed by atoms with Crippen LogP contribution in [-0.2, 0) is 0 Å². The maximum absolute atomic E-state index is 2.35. The molecular weight excluding hydrogens is 132 g/mol. The zero-order valence-corrected chi connectivity index (χ0v) is 6.29. The van der Waals surface area contributed by atoms with Crippen LogP contribution in [0.5, 0.6) is 0 Å². The highest BCUT2D eigenvalue weighted by Crippen LogP contribution is 2.34. The Balaban J connectivity index is 0.000000605. The number of fused-ring (bicyclic) bond motifs is 1. The van der Waals surface area contributed by atoms with Gasteiger partial charge < -0.3 is 0 Å². The standard InChI is InChI=1S/C10H14.CH4/c1-2-6-10-8-4-3-7-9(10)5-1;/h1-4,9-10H,5-8H2;1H4. The van der Waals surface area contributed by atoms with E-state index in [-0.39, 0.29) is 7.43 Å². The molecule has 0 aromatic carbocycles. The Morgan fingerprint density at radius 1 is 0.636 bits per heavy atom. The topological polar surface area (TPSA) is 0 Å². The molecule has 2 rings (SSSR count). The molecule has 0 nitrogen and oxygen atoms in total. The van der Waals surface area contributed by atoms with Crippen LogP contribution in [0.3, 0.4) is 0 Å². The van der Waals surface area contributed by atoms with Crippen LogP contribution in [0.2, 0.25) is 0 Å². The van der Waals surface area contributed by atoms with Gasteiger partial charge in [-0.3, -0.25) is 0 Å². The quantitative estimate of drug-likeness (QED) is 0.463. The minimum Gasteiger partial charge on any atom is -0.0882 e. The lowest BCUT2D eigenvalue weighted by atomic mass is 9.76. The van der Waals surface area contributed by atoms with Gasteiger partial charge in [-0.25, -0.2) is 0 Å². The highest BCUT2D eigenvalue weighted by atomic mass is 14.3. The van der Waals surface area contributed by atoms with Crippen molar-refractivity contribution in [2.45, 2.75) is 33.1 Å². The monoisotopic (exact) mass is 150 g/mol. The summed E-state index contributed by atoms with van der Waals surface area (Å²) >= 11 is 0. The highest BCUT2D eigenvalue weighted by Gasteiger charge is 2.21. The summed E-state index contributed by atoms with van der Waals surface area (Å²) in [6.07, 6.45) is 14.7. The third-order valence-electron chi connectivity index (χ3n) is 2.76. The first kappa shape index (κ1) is 8.58. The Bertz CT molecular complexity index is 129. The molecule has 2 aliphatic carbocycles. The first-order valence-electron chi connectivity index (χ1n) is 4.27. The van der Waals surface area contributed by atoms with Crippen LogP contribution in [0.15, 0.2) is 24.3 Å². The van der Waals surface area contributed by atoms with E-state index in [0.717, 1.165) is 11.8 Å². The first-order chi connectivity index (χ1) is 4.97. The summed E-state index contributed by atoms with van der Waals surface area (Å²) < 4.78 is 0. The molecule has 0 atom stereocenters. The van der Waals surface area contributed by atoms with Crippen molar-refractivity contribution in [1.82, 2.24) is 0 Å². The molecule has 0 saturated carbocycles. The van der Waals surface area contributed by atoms with Gasteiger partial charge in [0.2, 0.25) is 0 Å². The van der Waals surface area contributed by atoms with E-state index >= 15 is 0 Å². The lowest BCUT2D eigenvalue weighted by Crippen LogP contribution is -2.17. The van der Waals surface area contributed by atoms with Gasteiger partial charge in [-0.1, -0.05) is 31.7 Å². The predicted molar refractivity (Wildman–Crippen MR) is 50.5 cm³/mol. The fraction of sp³-hybridized carbons (Fsp3) is 0.636. The molecule has 0 saturated heterocycles. The van der Waals surface area contributed by atoms with Crippen LogP contribution in [0.1, 0.15) is 33.1 Å². The average molecular weight is 150 g/mol. The molecular formula is C11H18. The average Bonchev–Trinajstić information content (AvgIpc) is 2.05. The van der Waals surface area contributed by atoms with Crippen molar-refractivity contribution < 1.29 is 0 Å². The van der Waals surface area contributed by atoms with Gasteiger partial charge in [-0.05, 0) is 37.5 Å². The van der Waals surface area contributed by atoms with Crippen molar-refractivity contribution in [2.24, 2.45) is 11.8 Å². The van der Waals surface area contributed by atoms with Gasteiger partial charge in [0.25, 0.3) is 0 Å². The van der Waals surface area contributed by atoms with Gasteiger partial charge in [-0.2, -0.15) is 0 Å². The summed E-state index contributed by atoms with van der Waals surface area (Å²) in [6, 6.07) is 0. The van der Waals surface area contributed by atoms with E-state index in [1.807, 2.05) is 0 Å². The van der Waals surface area contributed by atoms with E-state index in [4.69, 9.17) is 0 Å². The Morgan fingerprint density at radius 2 is 0.909 bits per heavy atom. The zero-order valence-electron chi connectivity index (χ0n) is 6.29. The molecule has 0 unspecified atom stereocenters. The molecule has 0 radical (unpaired) electrons. The Hall–Kier alpha value is -0.520. The maximum atomic E-state index is 2.35. The maximum Gasteiger partial charge on any atom is -0.0311 e. The normalized spacial score (nSPS) is 34.2. The molecule has 2 aliphatic rings. The van der Waals surface area contributed by atoms with E-state index in [9.17, 15) is 0 Å². The fourth-order valence-electron chi connectivity index (χ4n) is 2.05. The van der Waals surface area contributed by atoms with Crippen molar-refractivity contribution >= 4 is 0 Å². The molecule has 0 bridgehead atoms.